The molecule has 0 aliphatic carbocycles. The van der Waals surface area contributed by atoms with Gasteiger partial charge in [0, 0.05) is 11.1 Å². The summed E-state index contributed by atoms with van der Waals surface area (Å²) in [5, 5.41) is 3.03. The molecule has 0 aromatic heterocycles. The molecule has 0 bridgehead atoms. The lowest BCUT2D eigenvalue weighted by molar-refractivity contribution is 0.465. The van der Waals surface area contributed by atoms with Gasteiger partial charge in [0.2, 0.25) is 0 Å². The Kier molecular flexibility index (Phi) is 4.62. The molecule has 0 fully saturated rings. The highest BCUT2D eigenvalue weighted by Crippen LogP contribution is 2.26. The van der Waals surface area contributed by atoms with Gasteiger partial charge in [0.25, 0.3) is 0 Å². The molecule has 0 unspecified atom stereocenters. The van der Waals surface area contributed by atoms with Crippen molar-refractivity contribution in [2.45, 2.75) is 39.2 Å². The molecule has 1 aromatic carbocycles. The fraction of sp³-hybridized carbons (Fsp3) is 0.462. The maximum absolute atomic E-state index is 13.9. The molecular formula is C13H18F2N2S. The van der Waals surface area contributed by atoms with E-state index in [1.807, 2.05) is 20.8 Å². The molecule has 0 heterocycles. The van der Waals surface area contributed by atoms with Crippen LogP contribution in [-0.4, -0.2) is 10.5 Å². The molecule has 0 radical (unpaired) electrons. The quantitative estimate of drug-likeness (QED) is 0.804. The van der Waals surface area contributed by atoms with Crippen molar-refractivity contribution in [3.05, 3.63) is 29.3 Å². The molecule has 0 aliphatic rings. The van der Waals surface area contributed by atoms with Crippen LogP contribution in [0.5, 0.6) is 0 Å². The number of rotatable bonds is 5. The minimum atomic E-state index is -0.998. The van der Waals surface area contributed by atoms with Gasteiger partial charge in [-0.3, -0.25) is 0 Å². The number of nitrogens with two attached hydrogens (primary N) is 1. The monoisotopic (exact) mass is 272 g/mol. The molecule has 100 valence electrons. The zero-order valence-corrected chi connectivity index (χ0v) is 11.6. The lowest BCUT2D eigenvalue weighted by atomic mass is 9.95. The number of halogens is 2. The highest BCUT2D eigenvalue weighted by atomic mass is 32.1. The van der Waals surface area contributed by atoms with Gasteiger partial charge >= 0.3 is 0 Å². The third-order valence-corrected chi connectivity index (χ3v) is 3.56. The van der Waals surface area contributed by atoms with Crippen LogP contribution in [0, 0.1) is 11.6 Å². The van der Waals surface area contributed by atoms with E-state index in [9.17, 15) is 8.78 Å². The third-order valence-electron chi connectivity index (χ3n) is 3.34. The lowest BCUT2D eigenvalue weighted by Gasteiger charge is -2.30. The molecule has 3 N–H and O–H groups in total. The predicted octanol–water partition coefficient (Wildman–Crippen LogP) is 3.59. The predicted molar refractivity (Wildman–Crippen MR) is 74.9 cm³/mol. The van der Waals surface area contributed by atoms with E-state index in [1.165, 1.54) is 12.1 Å². The standard InChI is InChI=1S/C13H18F2N2S/c1-4-13(3,5-2)17-9-7-6-8(12(16)18)10(14)11(9)15/h6-7,17H,4-5H2,1-3H3,(H2,16,18). The Morgan fingerprint density at radius 2 is 1.83 bits per heavy atom. The largest absolute Gasteiger partial charge is 0.389 e. The van der Waals surface area contributed by atoms with Crippen LogP contribution in [0.2, 0.25) is 0 Å². The molecule has 0 saturated heterocycles. The maximum atomic E-state index is 13.9. The van der Waals surface area contributed by atoms with Crippen molar-refractivity contribution in [2.75, 3.05) is 5.32 Å². The van der Waals surface area contributed by atoms with Crippen LogP contribution < -0.4 is 11.1 Å². The molecule has 5 heteroatoms. The number of benzene rings is 1. The number of nitrogens with one attached hydrogen (secondary N) is 1. The normalized spacial score (nSPS) is 11.4. The summed E-state index contributed by atoms with van der Waals surface area (Å²) in [7, 11) is 0. The van der Waals surface area contributed by atoms with Crippen LogP contribution in [0.25, 0.3) is 0 Å². The number of anilines is 1. The Labute approximate surface area is 112 Å². The summed E-state index contributed by atoms with van der Waals surface area (Å²) < 4.78 is 27.6. The second-order valence-corrected chi connectivity index (χ2v) is 4.99. The minimum absolute atomic E-state index is 0.0669. The first-order valence-electron chi connectivity index (χ1n) is 5.90. The van der Waals surface area contributed by atoms with Crippen molar-refractivity contribution in [1.82, 2.24) is 0 Å². The van der Waals surface area contributed by atoms with Crippen molar-refractivity contribution in [3.8, 4) is 0 Å². The molecule has 2 nitrogen and oxygen atoms in total. The third kappa shape index (κ3) is 2.96. The highest BCUT2D eigenvalue weighted by molar-refractivity contribution is 7.80. The molecule has 0 spiro atoms. The first kappa shape index (κ1) is 14.8. The second kappa shape index (κ2) is 5.61. The van der Waals surface area contributed by atoms with Crippen LogP contribution in [0.4, 0.5) is 14.5 Å². The molecule has 18 heavy (non-hydrogen) atoms. The number of hydrogen-bond donors (Lipinski definition) is 2. The van der Waals surface area contributed by atoms with Crippen molar-refractivity contribution >= 4 is 22.9 Å². The summed E-state index contributed by atoms with van der Waals surface area (Å²) in [6.45, 7) is 5.95. The molecule has 0 amide bonds. The summed E-state index contributed by atoms with van der Waals surface area (Å²) in [6.07, 6.45) is 1.61. The minimum Gasteiger partial charge on any atom is -0.389 e. The Morgan fingerprint density at radius 1 is 1.28 bits per heavy atom. The average molecular weight is 272 g/mol. The lowest BCUT2D eigenvalue weighted by Crippen LogP contribution is -2.33. The molecule has 1 aromatic rings. The van der Waals surface area contributed by atoms with E-state index in [-0.39, 0.29) is 21.8 Å². The van der Waals surface area contributed by atoms with E-state index < -0.39 is 11.6 Å². The zero-order valence-electron chi connectivity index (χ0n) is 10.8. The van der Waals surface area contributed by atoms with Gasteiger partial charge in [-0.2, -0.15) is 0 Å². The Morgan fingerprint density at radius 3 is 2.28 bits per heavy atom. The summed E-state index contributed by atoms with van der Waals surface area (Å²) in [5.74, 6) is -1.93. The van der Waals surface area contributed by atoms with E-state index in [4.69, 9.17) is 5.73 Å². The highest BCUT2D eigenvalue weighted by Gasteiger charge is 2.23. The van der Waals surface area contributed by atoms with E-state index >= 15 is 0 Å². The topological polar surface area (TPSA) is 38.0 Å². The average Bonchev–Trinajstić information content (AvgIpc) is 2.34. The van der Waals surface area contributed by atoms with Gasteiger partial charge in [-0.15, -0.1) is 0 Å². The first-order valence-corrected chi connectivity index (χ1v) is 6.31. The first-order chi connectivity index (χ1) is 8.34. The number of thiocarbonyl (C=S) groups is 1. The summed E-state index contributed by atoms with van der Waals surface area (Å²) in [6, 6.07) is 2.87. The molecular weight excluding hydrogens is 254 g/mol. The number of hydrogen-bond acceptors (Lipinski definition) is 2. The van der Waals surface area contributed by atoms with Crippen LogP contribution in [-0.2, 0) is 0 Å². The van der Waals surface area contributed by atoms with Crippen LogP contribution in [0.1, 0.15) is 39.2 Å². The van der Waals surface area contributed by atoms with E-state index in [0.717, 1.165) is 12.8 Å². The fourth-order valence-corrected chi connectivity index (χ4v) is 1.75. The van der Waals surface area contributed by atoms with Crippen molar-refractivity contribution in [1.29, 1.82) is 0 Å². The molecule has 0 aliphatic heterocycles. The molecule has 0 atom stereocenters. The van der Waals surface area contributed by atoms with Gasteiger partial charge in [-0.1, -0.05) is 26.1 Å². The Hall–Kier alpha value is -1.23. The van der Waals surface area contributed by atoms with Gasteiger partial charge in [-0.25, -0.2) is 8.78 Å². The zero-order chi connectivity index (χ0) is 13.9. The molecule has 0 saturated carbocycles. The van der Waals surface area contributed by atoms with E-state index in [2.05, 4.69) is 17.5 Å². The van der Waals surface area contributed by atoms with E-state index in [1.54, 1.807) is 0 Å². The van der Waals surface area contributed by atoms with Gasteiger partial charge in [0.05, 0.1) is 5.69 Å². The SMILES string of the molecule is CCC(C)(CC)Nc1ccc(C(N)=S)c(F)c1F. The maximum Gasteiger partial charge on any atom is 0.182 e. The fourth-order valence-electron chi connectivity index (χ4n) is 1.59. The van der Waals surface area contributed by atoms with Crippen molar-refractivity contribution in [2.24, 2.45) is 5.73 Å². The Bertz CT molecular complexity index is 457. The Balaban J connectivity index is 3.13. The smallest absolute Gasteiger partial charge is 0.182 e. The van der Waals surface area contributed by atoms with Crippen LogP contribution >= 0.6 is 12.2 Å². The van der Waals surface area contributed by atoms with E-state index in [0.29, 0.717) is 0 Å². The van der Waals surface area contributed by atoms with Crippen molar-refractivity contribution in [3.63, 3.8) is 0 Å². The summed E-state index contributed by atoms with van der Waals surface area (Å²) >= 11 is 4.66. The van der Waals surface area contributed by atoms with Crippen molar-refractivity contribution < 1.29 is 8.78 Å². The van der Waals surface area contributed by atoms with Gasteiger partial charge in [-0.05, 0) is 31.9 Å². The summed E-state index contributed by atoms with van der Waals surface area (Å²) in [4.78, 5) is -0.147. The van der Waals surface area contributed by atoms with Gasteiger partial charge < -0.3 is 11.1 Å². The second-order valence-electron chi connectivity index (χ2n) is 4.55. The molecule has 1 rings (SSSR count). The van der Waals surface area contributed by atoms with Crippen LogP contribution in [0.15, 0.2) is 12.1 Å². The van der Waals surface area contributed by atoms with Gasteiger partial charge in [0.15, 0.2) is 11.6 Å². The van der Waals surface area contributed by atoms with Gasteiger partial charge in [0.1, 0.15) is 4.99 Å². The summed E-state index contributed by atoms with van der Waals surface area (Å²) in [5.41, 5.74) is 5.12. The van der Waals surface area contributed by atoms with Crippen LogP contribution in [0.3, 0.4) is 0 Å².